The summed E-state index contributed by atoms with van der Waals surface area (Å²) in [5, 5.41) is 5.22. The average molecular weight is 320 g/mol. The molecular weight excluding hydrogens is 300 g/mol. The smallest absolute Gasteiger partial charge is 0.224 e. The number of rotatable bonds is 6. The predicted octanol–water partition coefficient (Wildman–Crippen LogP) is 3.49. The summed E-state index contributed by atoms with van der Waals surface area (Å²) in [6, 6.07) is 17.9. The summed E-state index contributed by atoms with van der Waals surface area (Å²) in [5.74, 6) is 0.558. The monoisotopic (exact) mass is 320 g/mol. The maximum atomic E-state index is 12.3. The van der Waals surface area contributed by atoms with Crippen LogP contribution in [0.4, 0.5) is 0 Å². The Hall–Kier alpha value is -2.88. The molecule has 2 aromatic carbocycles. The normalized spacial score (nSPS) is 10.5. The zero-order valence-corrected chi connectivity index (χ0v) is 13.7. The minimum absolute atomic E-state index is 0.0161. The van der Waals surface area contributed by atoms with E-state index in [2.05, 4.69) is 22.4 Å². The second-order valence-electron chi connectivity index (χ2n) is 5.49. The van der Waals surface area contributed by atoms with Crippen molar-refractivity contribution in [1.82, 2.24) is 10.3 Å². The molecule has 0 atom stereocenters. The number of amides is 1. The van der Waals surface area contributed by atoms with E-state index in [4.69, 9.17) is 4.74 Å². The Labute approximate surface area is 141 Å². The zero-order chi connectivity index (χ0) is 16.8. The number of nitrogens with one attached hydrogen (secondary N) is 1. The van der Waals surface area contributed by atoms with Crippen molar-refractivity contribution in [2.75, 3.05) is 6.61 Å². The molecule has 0 fully saturated rings. The predicted molar refractivity (Wildman–Crippen MR) is 94.9 cm³/mol. The Bertz CT molecular complexity index is 840. The van der Waals surface area contributed by atoms with Crippen LogP contribution in [-0.4, -0.2) is 17.5 Å². The molecule has 1 amide bonds. The summed E-state index contributed by atoms with van der Waals surface area (Å²) < 4.78 is 5.48. The van der Waals surface area contributed by atoms with Crippen LogP contribution in [-0.2, 0) is 17.8 Å². The van der Waals surface area contributed by atoms with Crippen LogP contribution in [0.15, 0.2) is 60.8 Å². The fourth-order valence-corrected chi connectivity index (χ4v) is 2.70. The summed E-state index contributed by atoms with van der Waals surface area (Å²) in [4.78, 5) is 16.5. The molecule has 1 aromatic heterocycles. The van der Waals surface area contributed by atoms with E-state index in [1.807, 2.05) is 49.4 Å². The van der Waals surface area contributed by atoms with Crippen LogP contribution < -0.4 is 10.1 Å². The fraction of sp³-hybridized carbons (Fsp3) is 0.200. The van der Waals surface area contributed by atoms with E-state index in [9.17, 15) is 4.79 Å². The van der Waals surface area contributed by atoms with E-state index in [1.165, 1.54) is 0 Å². The summed E-state index contributed by atoms with van der Waals surface area (Å²) in [6.07, 6.45) is 2.04. The highest BCUT2D eigenvalue weighted by molar-refractivity contribution is 5.90. The molecule has 122 valence electrons. The van der Waals surface area contributed by atoms with E-state index in [0.717, 1.165) is 21.9 Å². The first kappa shape index (κ1) is 16.0. The summed E-state index contributed by atoms with van der Waals surface area (Å²) >= 11 is 0. The third-order valence-corrected chi connectivity index (χ3v) is 3.84. The molecule has 0 aliphatic heterocycles. The Morgan fingerprint density at radius 3 is 2.71 bits per heavy atom. The SMILES string of the molecule is CCOc1ncccc1CNC(=O)Cc1cccc2ccccc12. The molecule has 4 nitrogen and oxygen atoms in total. The second kappa shape index (κ2) is 7.59. The number of pyridine rings is 1. The van der Waals surface area contributed by atoms with Crippen molar-refractivity contribution >= 4 is 16.7 Å². The number of benzene rings is 2. The van der Waals surface area contributed by atoms with Crippen molar-refractivity contribution in [1.29, 1.82) is 0 Å². The Kier molecular flexibility index (Phi) is 5.06. The number of nitrogens with zero attached hydrogens (tertiary/aromatic N) is 1. The third-order valence-electron chi connectivity index (χ3n) is 3.84. The van der Waals surface area contributed by atoms with Gasteiger partial charge in [-0.2, -0.15) is 0 Å². The highest BCUT2D eigenvalue weighted by atomic mass is 16.5. The van der Waals surface area contributed by atoms with Gasteiger partial charge < -0.3 is 10.1 Å². The minimum atomic E-state index is -0.0161. The van der Waals surface area contributed by atoms with Crippen molar-refractivity contribution < 1.29 is 9.53 Å². The summed E-state index contributed by atoms with van der Waals surface area (Å²) in [7, 11) is 0. The van der Waals surface area contributed by atoms with Gasteiger partial charge in [0.2, 0.25) is 11.8 Å². The van der Waals surface area contributed by atoms with Crippen LogP contribution in [0, 0.1) is 0 Å². The van der Waals surface area contributed by atoms with Gasteiger partial charge in [-0.05, 0) is 29.3 Å². The van der Waals surface area contributed by atoms with Gasteiger partial charge in [0.1, 0.15) is 0 Å². The van der Waals surface area contributed by atoms with Crippen molar-refractivity contribution in [3.8, 4) is 5.88 Å². The van der Waals surface area contributed by atoms with E-state index in [-0.39, 0.29) is 5.91 Å². The maximum Gasteiger partial charge on any atom is 0.224 e. The summed E-state index contributed by atoms with van der Waals surface area (Å²) in [6.45, 7) is 2.87. The highest BCUT2D eigenvalue weighted by Crippen LogP contribution is 2.19. The van der Waals surface area contributed by atoms with Crippen molar-refractivity contribution in [3.63, 3.8) is 0 Å². The minimum Gasteiger partial charge on any atom is -0.478 e. The first-order chi connectivity index (χ1) is 11.8. The number of aromatic nitrogens is 1. The van der Waals surface area contributed by atoms with Gasteiger partial charge in [0.15, 0.2) is 0 Å². The lowest BCUT2D eigenvalue weighted by Crippen LogP contribution is -2.25. The maximum absolute atomic E-state index is 12.3. The van der Waals surface area contributed by atoms with Crippen LogP contribution in [0.25, 0.3) is 10.8 Å². The van der Waals surface area contributed by atoms with Gasteiger partial charge in [-0.1, -0.05) is 48.5 Å². The van der Waals surface area contributed by atoms with E-state index in [1.54, 1.807) is 6.20 Å². The first-order valence-corrected chi connectivity index (χ1v) is 8.08. The largest absolute Gasteiger partial charge is 0.478 e. The van der Waals surface area contributed by atoms with Crippen LogP contribution in [0.5, 0.6) is 5.88 Å². The fourth-order valence-electron chi connectivity index (χ4n) is 2.70. The zero-order valence-electron chi connectivity index (χ0n) is 13.7. The van der Waals surface area contributed by atoms with E-state index < -0.39 is 0 Å². The molecule has 3 aromatic rings. The molecule has 0 saturated carbocycles. The molecule has 0 spiro atoms. The molecular formula is C20H20N2O2. The molecule has 0 radical (unpaired) electrons. The molecule has 0 saturated heterocycles. The van der Waals surface area contributed by atoms with Crippen LogP contribution in [0.1, 0.15) is 18.1 Å². The average Bonchev–Trinajstić information content (AvgIpc) is 2.62. The van der Waals surface area contributed by atoms with Crippen LogP contribution >= 0.6 is 0 Å². The van der Waals surface area contributed by atoms with Gasteiger partial charge in [-0.25, -0.2) is 4.98 Å². The lowest BCUT2D eigenvalue weighted by molar-refractivity contribution is -0.120. The number of fused-ring (bicyclic) bond motifs is 1. The number of ether oxygens (including phenoxy) is 1. The van der Waals surface area contributed by atoms with Gasteiger partial charge in [-0.15, -0.1) is 0 Å². The number of carbonyl (C=O) groups excluding carboxylic acids is 1. The molecule has 4 heteroatoms. The molecule has 3 rings (SSSR count). The van der Waals surface area contributed by atoms with Gasteiger partial charge in [-0.3, -0.25) is 4.79 Å². The molecule has 1 N–H and O–H groups in total. The Balaban J connectivity index is 1.68. The van der Waals surface area contributed by atoms with Crippen LogP contribution in [0.2, 0.25) is 0 Å². The van der Waals surface area contributed by atoms with Gasteiger partial charge >= 0.3 is 0 Å². The molecule has 0 unspecified atom stereocenters. The first-order valence-electron chi connectivity index (χ1n) is 8.08. The van der Waals surface area contributed by atoms with Gasteiger partial charge in [0.25, 0.3) is 0 Å². The van der Waals surface area contributed by atoms with Crippen molar-refractivity contribution in [2.24, 2.45) is 0 Å². The molecule has 0 bridgehead atoms. The van der Waals surface area contributed by atoms with Gasteiger partial charge in [0, 0.05) is 18.3 Å². The lowest BCUT2D eigenvalue weighted by atomic mass is 10.0. The summed E-state index contributed by atoms with van der Waals surface area (Å²) in [5.41, 5.74) is 1.91. The van der Waals surface area contributed by atoms with Crippen LogP contribution in [0.3, 0.4) is 0 Å². The quantitative estimate of drug-likeness (QED) is 0.756. The number of carbonyl (C=O) groups is 1. The van der Waals surface area contributed by atoms with Gasteiger partial charge in [0.05, 0.1) is 13.0 Å². The van der Waals surface area contributed by atoms with E-state index >= 15 is 0 Å². The lowest BCUT2D eigenvalue weighted by Gasteiger charge is -2.10. The topological polar surface area (TPSA) is 51.2 Å². The Morgan fingerprint density at radius 2 is 1.83 bits per heavy atom. The highest BCUT2D eigenvalue weighted by Gasteiger charge is 2.09. The Morgan fingerprint density at radius 1 is 1.04 bits per heavy atom. The van der Waals surface area contributed by atoms with Crippen molar-refractivity contribution in [2.45, 2.75) is 19.9 Å². The molecule has 24 heavy (non-hydrogen) atoms. The molecule has 0 aliphatic rings. The number of hydrogen-bond donors (Lipinski definition) is 1. The molecule has 0 aliphatic carbocycles. The van der Waals surface area contributed by atoms with Crippen molar-refractivity contribution in [3.05, 3.63) is 71.9 Å². The third kappa shape index (κ3) is 3.71. The van der Waals surface area contributed by atoms with E-state index in [0.29, 0.717) is 25.5 Å². The molecule has 1 heterocycles. The second-order valence-corrected chi connectivity index (χ2v) is 5.49. The number of hydrogen-bond acceptors (Lipinski definition) is 3. The standard InChI is InChI=1S/C20H20N2O2/c1-2-24-20-17(10-6-12-21-20)14-22-19(23)13-16-9-5-8-15-7-3-4-11-18(15)16/h3-12H,2,13-14H2,1H3,(H,22,23).